The second-order valence-electron chi connectivity index (χ2n) is 5.37. The first kappa shape index (κ1) is 15.2. The van der Waals surface area contributed by atoms with Gasteiger partial charge in [0, 0.05) is 12.2 Å². The maximum absolute atomic E-state index is 12.0. The van der Waals surface area contributed by atoms with Crippen molar-refractivity contribution in [3.05, 3.63) is 58.7 Å². The number of carbonyl (C=O) groups excluding carboxylic acids is 1. The second kappa shape index (κ2) is 7.02. The number of anilines is 1. The molecule has 6 nitrogen and oxygen atoms in total. The Hall–Kier alpha value is -2.73. The molecule has 0 spiro atoms. The third-order valence-electron chi connectivity index (χ3n) is 3.61. The van der Waals surface area contributed by atoms with Crippen molar-refractivity contribution in [3.8, 4) is 0 Å². The quantitative estimate of drug-likeness (QED) is 0.785. The normalized spacial score (nSPS) is 13.8. The minimum absolute atomic E-state index is 0.130. The molecule has 0 saturated carbocycles. The number of H-pyrrole nitrogens is 1. The van der Waals surface area contributed by atoms with E-state index >= 15 is 0 Å². The molecular formula is C17H18N4O2. The molecule has 1 amide bonds. The van der Waals surface area contributed by atoms with Gasteiger partial charge in [0.1, 0.15) is 0 Å². The summed E-state index contributed by atoms with van der Waals surface area (Å²) in [5.41, 5.74) is 2.19. The lowest BCUT2D eigenvalue weighted by atomic mass is 10.1. The van der Waals surface area contributed by atoms with Crippen LogP contribution in [0.3, 0.4) is 0 Å². The maximum atomic E-state index is 12.0. The number of nitrogens with one attached hydrogen (secondary N) is 3. The highest BCUT2D eigenvalue weighted by molar-refractivity contribution is 5.94. The highest BCUT2D eigenvalue weighted by Crippen LogP contribution is 2.13. The summed E-state index contributed by atoms with van der Waals surface area (Å²) < 4.78 is 0. The van der Waals surface area contributed by atoms with Crippen LogP contribution < -0.4 is 16.2 Å². The van der Waals surface area contributed by atoms with Crippen LogP contribution >= 0.6 is 0 Å². The average Bonchev–Trinajstić information content (AvgIpc) is 2.56. The van der Waals surface area contributed by atoms with Gasteiger partial charge in [-0.15, -0.1) is 0 Å². The molecule has 0 atom stereocenters. The van der Waals surface area contributed by atoms with E-state index in [1.165, 1.54) is 11.9 Å². The van der Waals surface area contributed by atoms with Gasteiger partial charge in [0.2, 0.25) is 5.91 Å². The number of rotatable bonds is 5. The van der Waals surface area contributed by atoms with Crippen molar-refractivity contribution in [1.29, 1.82) is 0 Å². The third-order valence-corrected chi connectivity index (χ3v) is 3.61. The molecule has 0 bridgehead atoms. The number of aromatic nitrogens is 2. The van der Waals surface area contributed by atoms with E-state index in [4.69, 9.17) is 0 Å². The van der Waals surface area contributed by atoms with Crippen LogP contribution in [-0.2, 0) is 4.79 Å². The summed E-state index contributed by atoms with van der Waals surface area (Å²) in [4.78, 5) is 30.2. The molecule has 3 N–H and O–H groups in total. The Balaban J connectivity index is 1.56. The van der Waals surface area contributed by atoms with Crippen LogP contribution in [0.25, 0.3) is 10.9 Å². The van der Waals surface area contributed by atoms with Crippen LogP contribution in [-0.4, -0.2) is 29.0 Å². The fraction of sp³-hybridized carbons (Fsp3) is 0.235. The summed E-state index contributed by atoms with van der Waals surface area (Å²) in [6.07, 6.45) is 9.90. The summed E-state index contributed by atoms with van der Waals surface area (Å²) in [6.45, 7) is 0.907. The van der Waals surface area contributed by atoms with Crippen LogP contribution in [0.5, 0.6) is 0 Å². The number of aromatic amines is 1. The standard InChI is InChI=1S/C17H18N4O2/c22-16(10-18-9-12-4-2-1-3-5-12)21-13-6-7-14-15(8-13)19-11-20-17(14)23/h2,4-8,11,18H,1,3,9-10H2,(H,21,22)(H,19,20,23). The van der Waals surface area contributed by atoms with Crippen molar-refractivity contribution >= 4 is 22.5 Å². The maximum Gasteiger partial charge on any atom is 0.258 e. The van der Waals surface area contributed by atoms with E-state index in [1.54, 1.807) is 18.2 Å². The molecule has 3 rings (SSSR count). The molecule has 23 heavy (non-hydrogen) atoms. The van der Waals surface area contributed by atoms with E-state index < -0.39 is 0 Å². The lowest BCUT2D eigenvalue weighted by molar-refractivity contribution is -0.115. The van der Waals surface area contributed by atoms with E-state index in [9.17, 15) is 9.59 Å². The van der Waals surface area contributed by atoms with Crippen LogP contribution in [0, 0.1) is 0 Å². The minimum Gasteiger partial charge on any atom is -0.325 e. The molecule has 6 heteroatoms. The highest BCUT2D eigenvalue weighted by atomic mass is 16.2. The first-order valence-electron chi connectivity index (χ1n) is 7.56. The van der Waals surface area contributed by atoms with Gasteiger partial charge in [0.15, 0.2) is 0 Å². The van der Waals surface area contributed by atoms with Gasteiger partial charge in [-0.25, -0.2) is 4.98 Å². The van der Waals surface area contributed by atoms with Gasteiger partial charge in [-0.2, -0.15) is 0 Å². The van der Waals surface area contributed by atoms with Gasteiger partial charge in [-0.05, 0) is 36.6 Å². The van der Waals surface area contributed by atoms with Crippen LogP contribution in [0.15, 0.2) is 53.1 Å². The highest BCUT2D eigenvalue weighted by Gasteiger charge is 2.05. The molecule has 1 heterocycles. The summed E-state index contributed by atoms with van der Waals surface area (Å²) in [6, 6.07) is 5.04. The van der Waals surface area contributed by atoms with Crippen molar-refractivity contribution in [3.63, 3.8) is 0 Å². The molecule has 118 valence electrons. The molecule has 1 aromatic carbocycles. The van der Waals surface area contributed by atoms with E-state index in [2.05, 4.69) is 38.8 Å². The minimum atomic E-state index is -0.191. The fourth-order valence-electron chi connectivity index (χ4n) is 2.47. The third kappa shape index (κ3) is 3.92. The van der Waals surface area contributed by atoms with E-state index in [-0.39, 0.29) is 18.0 Å². The van der Waals surface area contributed by atoms with Crippen molar-refractivity contribution in [2.45, 2.75) is 12.8 Å². The Kier molecular flexibility index (Phi) is 4.63. The van der Waals surface area contributed by atoms with Gasteiger partial charge in [-0.3, -0.25) is 9.59 Å². The Labute approximate surface area is 133 Å². The summed E-state index contributed by atoms with van der Waals surface area (Å²) in [5.74, 6) is -0.130. The monoisotopic (exact) mass is 310 g/mol. The lowest BCUT2D eigenvalue weighted by Gasteiger charge is -2.09. The molecule has 2 aromatic rings. The number of nitrogens with zero attached hydrogens (tertiary/aromatic N) is 1. The molecule has 0 unspecified atom stereocenters. The number of carbonyl (C=O) groups is 1. The number of hydrogen-bond acceptors (Lipinski definition) is 4. The van der Waals surface area contributed by atoms with Crippen LogP contribution in [0.2, 0.25) is 0 Å². The largest absolute Gasteiger partial charge is 0.325 e. The van der Waals surface area contributed by atoms with Crippen molar-refractivity contribution in [1.82, 2.24) is 15.3 Å². The molecule has 0 radical (unpaired) electrons. The molecule has 1 aliphatic rings. The topological polar surface area (TPSA) is 86.9 Å². The molecule has 0 aliphatic heterocycles. The Morgan fingerprint density at radius 1 is 1.30 bits per heavy atom. The zero-order chi connectivity index (χ0) is 16.1. The lowest BCUT2D eigenvalue weighted by Crippen LogP contribution is -2.29. The molecular weight excluding hydrogens is 292 g/mol. The van der Waals surface area contributed by atoms with Gasteiger partial charge >= 0.3 is 0 Å². The van der Waals surface area contributed by atoms with Gasteiger partial charge in [0.25, 0.3) is 5.56 Å². The number of allylic oxidation sites excluding steroid dienone is 2. The Morgan fingerprint density at radius 2 is 2.22 bits per heavy atom. The van der Waals surface area contributed by atoms with Crippen LogP contribution in [0.1, 0.15) is 12.8 Å². The van der Waals surface area contributed by atoms with E-state index in [0.717, 1.165) is 12.8 Å². The van der Waals surface area contributed by atoms with E-state index in [1.807, 2.05) is 0 Å². The summed E-state index contributed by atoms with van der Waals surface area (Å²) in [7, 11) is 0. The first-order chi connectivity index (χ1) is 11.2. The SMILES string of the molecule is O=C(CNCC1=CCCC=C1)Nc1ccc2c(=O)[nH]cnc2c1. The van der Waals surface area contributed by atoms with Crippen molar-refractivity contribution in [2.75, 3.05) is 18.4 Å². The Bertz CT molecular complexity index is 836. The van der Waals surface area contributed by atoms with Gasteiger partial charge in [-0.1, -0.05) is 18.2 Å². The zero-order valence-electron chi connectivity index (χ0n) is 12.6. The smallest absolute Gasteiger partial charge is 0.258 e. The number of amides is 1. The first-order valence-corrected chi connectivity index (χ1v) is 7.56. The Morgan fingerprint density at radius 3 is 3.04 bits per heavy atom. The number of benzene rings is 1. The summed E-state index contributed by atoms with van der Waals surface area (Å²) in [5, 5.41) is 6.42. The van der Waals surface area contributed by atoms with Crippen LogP contribution in [0.4, 0.5) is 5.69 Å². The fourth-order valence-corrected chi connectivity index (χ4v) is 2.47. The zero-order valence-corrected chi connectivity index (χ0v) is 12.6. The predicted molar refractivity (Wildman–Crippen MR) is 90.3 cm³/mol. The number of fused-ring (bicyclic) bond motifs is 1. The van der Waals surface area contributed by atoms with Crippen molar-refractivity contribution in [2.24, 2.45) is 0 Å². The van der Waals surface area contributed by atoms with Gasteiger partial charge in [0.05, 0.1) is 23.8 Å². The predicted octanol–water partition coefficient (Wildman–Crippen LogP) is 1.73. The molecule has 0 saturated heterocycles. The van der Waals surface area contributed by atoms with Gasteiger partial charge < -0.3 is 15.6 Å². The van der Waals surface area contributed by atoms with Crippen molar-refractivity contribution < 1.29 is 4.79 Å². The van der Waals surface area contributed by atoms with E-state index in [0.29, 0.717) is 23.1 Å². The average molecular weight is 310 g/mol. The molecule has 1 aliphatic carbocycles. The summed E-state index contributed by atoms with van der Waals surface area (Å²) >= 11 is 0. The second-order valence-corrected chi connectivity index (χ2v) is 5.37. The molecule has 0 fully saturated rings. The molecule has 1 aromatic heterocycles. The number of hydrogen-bond donors (Lipinski definition) is 3.